The van der Waals surface area contributed by atoms with Crippen molar-refractivity contribution in [2.24, 2.45) is 0 Å². The zero-order valence-corrected chi connectivity index (χ0v) is 12.8. The van der Waals surface area contributed by atoms with Gasteiger partial charge >= 0.3 is 0 Å². The van der Waals surface area contributed by atoms with Crippen molar-refractivity contribution in [2.75, 3.05) is 13.2 Å². The lowest BCUT2D eigenvalue weighted by Crippen LogP contribution is -2.45. The summed E-state index contributed by atoms with van der Waals surface area (Å²) in [4.78, 5) is 14.3. The van der Waals surface area contributed by atoms with E-state index in [2.05, 4.69) is 13.0 Å². The van der Waals surface area contributed by atoms with Gasteiger partial charge in [-0.1, -0.05) is 13.0 Å². The molecule has 0 bridgehead atoms. The number of amides is 1. The van der Waals surface area contributed by atoms with Crippen LogP contribution >= 0.6 is 0 Å². The maximum atomic E-state index is 12.3. The van der Waals surface area contributed by atoms with Gasteiger partial charge in [0.05, 0.1) is 0 Å². The van der Waals surface area contributed by atoms with Crippen LogP contribution in [0.5, 0.6) is 5.75 Å². The van der Waals surface area contributed by atoms with Gasteiger partial charge in [0.2, 0.25) is 0 Å². The lowest BCUT2D eigenvalue weighted by atomic mass is 10.00. The molecule has 1 aliphatic heterocycles. The molecule has 0 radical (unpaired) electrons. The van der Waals surface area contributed by atoms with Crippen LogP contribution in [-0.4, -0.2) is 30.0 Å². The number of likely N-dealkylation sites (tertiary alicyclic amines) is 1. The smallest absolute Gasteiger partial charge is 0.260 e. The Morgan fingerprint density at radius 3 is 2.60 bits per heavy atom. The van der Waals surface area contributed by atoms with E-state index in [0.29, 0.717) is 6.04 Å². The highest BCUT2D eigenvalue weighted by atomic mass is 16.5. The number of hydrogen-bond donors (Lipinski definition) is 0. The largest absolute Gasteiger partial charge is 0.484 e. The Balaban J connectivity index is 1.94. The van der Waals surface area contributed by atoms with Crippen molar-refractivity contribution in [3.63, 3.8) is 0 Å². The second-order valence-electron chi connectivity index (χ2n) is 5.76. The molecule has 1 heterocycles. The minimum Gasteiger partial charge on any atom is -0.484 e. The fraction of sp³-hybridized carbons (Fsp3) is 0.588. The van der Waals surface area contributed by atoms with Gasteiger partial charge in [-0.3, -0.25) is 4.79 Å². The van der Waals surface area contributed by atoms with Crippen molar-refractivity contribution in [3.05, 3.63) is 29.3 Å². The van der Waals surface area contributed by atoms with E-state index < -0.39 is 0 Å². The number of benzene rings is 1. The number of nitrogens with zero attached hydrogens (tertiary/aromatic N) is 1. The summed E-state index contributed by atoms with van der Waals surface area (Å²) < 4.78 is 5.68. The number of piperidine rings is 1. The standard InChI is InChI=1S/C17H25NO2/c1-4-15-7-5-6-8-18(15)17(19)12-20-16-10-13(2)9-14(3)11-16/h9-11,15H,4-8,12H2,1-3H3. The summed E-state index contributed by atoms with van der Waals surface area (Å²) >= 11 is 0. The van der Waals surface area contributed by atoms with E-state index in [4.69, 9.17) is 4.74 Å². The quantitative estimate of drug-likeness (QED) is 0.842. The Kier molecular flexibility index (Phi) is 5.05. The molecular weight excluding hydrogens is 250 g/mol. The summed E-state index contributed by atoms with van der Waals surface area (Å²) in [5, 5.41) is 0. The minimum absolute atomic E-state index is 0.121. The Hall–Kier alpha value is -1.51. The van der Waals surface area contributed by atoms with E-state index in [1.54, 1.807) is 0 Å². The average Bonchev–Trinajstić information content (AvgIpc) is 2.43. The van der Waals surface area contributed by atoms with Crippen LogP contribution < -0.4 is 4.74 Å². The number of carbonyl (C=O) groups is 1. The second kappa shape index (κ2) is 6.78. The lowest BCUT2D eigenvalue weighted by Gasteiger charge is -2.35. The van der Waals surface area contributed by atoms with Gasteiger partial charge < -0.3 is 9.64 Å². The third-order valence-corrected chi connectivity index (χ3v) is 3.98. The van der Waals surface area contributed by atoms with E-state index >= 15 is 0 Å². The monoisotopic (exact) mass is 275 g/mol. The Labute approximate surface area is 121 Å². The van der Waals surface area contributed by atoms with Crippen molar-refractivity contribution in [1.29, 1.82) is 0 Å². The molecule has 1 fully saturated rings. The van der Waals surface area contributed by atoms with Crippen LogP contribution in [0.4, 0.5) is 0 Å². The molecule has 0 N–H and O–H groups in total. The fourth-order valence-corrected chi connectivity index (χ4v) is 3.00. The third-order valence-electron chi connectivity index (χ3n) is 3.98. The van der Waals surface area contributed by atoms with Crippen molar-refractivity contribution < 1.29 is 9.53 Å². The highest BCUT2D eigenvalue weighted by Gasteiger charge is 2.25. The molecule has 0 saturated carbocycles. The normalized spacial score (nSPS) is 18.9. The zero-order chi connectivity index (χ0) is 14.5. The van der Waals surface area contributed by atoms with Crippen LogP contribution in [0.1, 0.15) is 43.7 Å². The first-order valence-electron chi connectivity index (χ1n) is 7.60. The van der Waals surface area contributed by atoms with Gasteiger partial charge in [-0.05, 0) is 62.8 Å². The van der Waals surface area contributed by atoms with E-state index in [1.807, 2.05) is 30.9 Å². The molecule has 3 nitrogen and oxygen atoms in total. The van der Waals surface area contributed by atoms with Crippen LogP contribution in [-0.2, 0) is 4.79 Å². The molecule has 1 amide bonds. The molecule has 0 aromatic heterocycles. The van der Waals surface area contributed by atoms with Gasteiger partial charge in [0.25, 0.3) is 5.91 Å². The summed E-state index contributed by atoms with van der Waals surface area (Å²) in [7, 11) is 0. The van der Waals surface area contributed by atoms with E-state index in [1.165, 1.54) is 6.42 Å². The zero-order valence-electron chi connectivity index (χ0n) is 12.8. The molecule has 110 valence electrons. The van der Waals surface area contributed by atoms with Gasteiger partial charge in [-0.2, -0.15) is 0 Å². The van der Waals surface area contributed by atoms with Crippen molar-refractivity contribution in [1.82, 2.24) is 4.90 Å². The van der Waals surface area contributed by atoms with E-state index in [-0.39, 0.29) is 12.5 Å². The molecule has 1 aromatic carbocycles. The predicted octanol–water partition coefficient (Wildman–Crippen LogP) is 3.47. The molecule has 1 saturated heterocycles. The Morgan fingerprint density at radius 1 is 1.25 bits per heavy atom. The van der Waals surface area contributed by atoms with Crippen LogP contribution in [0, 0.1) is 13.8 Å². The molecule has 1 atom stereocenters. The first-order chi connectivity index (χ1) is 9.60. The fourth-order valence-electron chi connectivity index (χ4n) is 3.00. The van der Waals surface area contributed by atoms with Gasteiger partial charge in [0.15, 0.2) is 6.61 Å². The molecule has 0 spiro atoms. The number of rotatable bonds is 4. The average molecular weight is 275 g/mol. The number of hydrogen-bond acceptors (Lipinski definition) is 2. The topological polar surface area (TPSA) is 29.5 Å². The molecule has 3 heteroatoms. The summed E-state index contributed by atoms with van der Waals surface area (Å²) in [6, 6.07) is 6.47. The van der Waals surface area contributed by atoms with Crippen molar-refractivity contribution in [3.8, 4) is 5.75 Å². The van der Waals surface area contributed by atoms with Crippen LogP contribution in [0.25, 0.3) is 0 Å². The highest BCUT2D eigenvalue weighted by Crippen LogP contribution is 2.20. The maximum absolute atomic E-state index is 12.3. The van der Waals surface area contributed by atoms with Gasteiger partial charge in [-0.15, -0.1) is 0 Å². The SMILES string of the molecule is CCC1CCCCN1C(=O)COc1cc(C)cc(C)c1. The predicted molar refractivity (Wildman–Crippen MR) is 81.1 cm³/mol. The Bertz CT molecular complexity index is 450. The van der Waals surface area contributed by atoms with Crippen LogP contribution in [0.2, 0.25) is 0 Å². The molecule has 1 aliphatic rings. The Morgan fingerprint density at radius 2 is 1.95 bits per heavy atom. The van der Waals surface area contributed by atoms with E-state index in [0.717, 1.165) is 42.7 Å². The van der Waals surface area contributed by atoms with Crippen LogP contribution in [0.3, 0.4) is 0 Å². The van der Waals surface area contributed by atoms with Crippen molar-refractivity contribution >= 4 is 5.91 Å². The van der Waals surface area contributed by atoms with Crippen molar-refractivity contribution in [2.45, 2.75) is 52.5 Å². The lowest BCUT2D eigenvalue weighted by molar-refractivity contribution is -0.137. The summed E-state index contributed by atoms with van der Waals surface area (Å²) in [6.07, 6.45) is 4.52. The molecular formula is C17H25NO2. The number of aryl methyl sites for hydroxylation is 2. The summed E-state index contributed by atoms with van der Waals surface area (Å²) in [5.41, 5.74) is 2.33. The van der Waals surface area contributed by atoms with Gasteiger partial charge in [0, 0.05) is 12.6 Å². The maximum Gasteiger partial charge on any atom is 0.260 e. The minimum atomic E-state index is 0.121. The molecule has 20 heavy (non-hydrogen) atoms. The number of ether oxygens (including phenoxy) is 1. The first-order valence-corrected chi connectivity index (χ1v) is 7.60. The summed E-state index contributed by atoms with van der Waals surface area (Å²) in [6.45, 7) is 7.27. The molecule has 0 aliphatic carbocycles. The van der Waals surface area contributed by atoms with E-state index in [9.17, 15) is 4.79 Å². The summed E-state index contributed by atoms with van der Waals surface area (Å²) in [5.74, 6) is 0.914. The molecule has 1 unspecified atom stereocenters. The van der Waals surface area contributed by atoms with Crippen LogP contribution in [0.15, 0.2) is 18.2 Å². The second-order valence-corrected chi connectivity index (χ2v) is 5.76. The van der Waals surface area contributed by atoms with Gasteiger partial charge in [-0.25, -0.2) is 0 Å². The third kappa shape index (κ3) is 3.75. The number of carbonyl (C=O) groups excluding carboxylic acids is 1. The highest BCUT2D eigenvalue weighted by molar-refractivity contribution is 5.78. The first kappa shape index (κ1) is 14.9. The molecule has 2 rings (SSSR count). The molecule has 1 aromatic rings. The van der Waals surface area contributed by atoms with Gasteiger partial charge in [0.1, 0.15) is 5.75 Å².